The molecule has 184 valence electrons. The predicted octanol–water partition coefficient (Wildman–Crippen LogP) is 4.18. The third-order valence-corrected chi connectivity index (χ3v) is 6.60. The second-order valence-electron chi connectivity index (χ2n) is 8.74. The van der Waals surface area contributed by atoms with Gasteiger partial charge in [-0.05, 0) is 49.4 Å². The fourth-order valence-electron chi connectivity index (χ4n) is 4.95. The Morgan fingerprint density at radius 2 is 1.83 bits per heavy atom. The number of aromatic amines is 1. The molecule has 11 heteroatoms. The molecule has 1 fully saturated rings. The molecule has 1 saturated heterocycles. The molecule has 5 rings (SSSR count). The summed E-state index contributed by atoms with van der Waals surface area (Å²) in [7, 11) is 0. The average molecular weight is 490 g/mol. The molecule has 2 aliphatic rings. The summed E-state index contributed by atoms with van der Waals surface area (Å²) in [6.07, 6.45) is -1.69. The first kappa shape index (κ1) is 23.1. The van der Waals surface area contributed by atoms with Crippen LogP contribution in [0.15, 0.2) is 30.5 Å². The number of hydrogen-bond donors (Lipinski definition) is 2. The van der Waals surface area contributed by atoms with Gasteiger partial charge in [0.2, 0.25) is 5.91 Å². The standard InChI is InChI=1S/C24H22F4N4O3/c25-17-12-30-22-21(16-11-29-19(33)6-5-18(16)31-22)20(17)13-7-9-32(10-8-13)23(34)14-1-3-15(4-2-14)35-24(26,27)28/h1-4,12-13H,5-11H2,(H,29,33)(H,30,31). The van der Waals surface area contributed by atoms with E-state index in [1.54, 1.807) is 4.90 Å². The minimum atomic E-state index is -4.80. The molecule has 1 aromatic carbocycles. The van der Waals surface area contributed by atoms with Crippen LogP contribution in [0.1, 0.15) is 52.4 Å². The first-order chi connectivity index (χ1) is 16.7. The van der Waals surface area contributed by atoms with Crippen molar-refractivity contribution in [3.8, 4) is 5.75 Å². The minimum absolute atomic E-state index is 0.0570. The van der Waals surface area contributed by atoms with Gasteiger partial charge in [0.25, 0.3) is 5.91 Å². The zero-order valence-electron chi connectivity index (χ0n) is 18.5. The van der Waals surface area contributed by atoms with Crippen LogP contribution < -0.4 is 10.1 Å². The van der Waals surface area contributed by atoms with Gasteiger partial charge in [0.05, 0.1) is 6.20 Å². The fraction of sp³-hybridized carbons (Fsp3) is 0.375. The number of alkyl halides is 3. The lowest BCUT2D eigenvalue weighted by Crippen LogP contribution is -2.38. The quantitative estimate of drug-likeness (QED) is 0.540. The van der Waals surface area contributed by atoms with Crippen molar-refractivity contribution >= 4 is 22.8 Å². The average Bonchev–Trinajstić information content (AvgIpc) is 3.07. The number of nitrogens with one attached hydrogen (secondary N) is 2. The van der Waals surface area contributed by atoms with Crippen LogP contribution in [0.2, 0.25) is 0 Å². The van der Waals surface area contributed by atoms with Gasteiger partial charge in [-0.25, -0.2) is 9.37 Å². The molecular weight excluding hydrogens is 468 g/mol. The molecule has 7 nitrogen and oxygen atoms in total. The number of carbonyl (C=O) groups excluding carboxylic acids is 2. The van der Waals surface area contributed by atoms with Crippen LogP contribution in [-0.2, 0) is 17.8 Å². The Morgan fingerprint density at radius 1 is 1.11 bits per heavy atom. The highest BCUT2D eigenvalue weighted by Crippen LogP contribution is 2.38. The van der Waals surface area contributed by atoms with E-state index in [9.17, 15) is 22.8 Å². The predicted molar refractivity (Wildman–Crippen MR) is 117 cm³/mol. The van der Waals surface area contributed by atoms with Crippen molar-refractivity contribution < 1.29 is 31.9 Å². The highest BCUT2D eigenvalue weighted by molar-refractivity contribution is 5.94. The first-order valence-electron chi connectivity index (χ1n) is 11.3. The lowest BCUT2D eigenvalue weighted by Gasteiger charge is -2.33. The monoisotopic (exact) mass is 490 g/mol. The molecule has 3 aromatic rings. The summed E-state index contributed by atoms with van der Waals surface area (Å²) < 4.78 is 56.0. The zero-order valence-corrected chi connectivity index (χ0v) is 18.5. The first-order valence-corrected chi connectivity index (χ1v) is 11.3. The van der Waals surface area contributed by atoms with Crippen LogP contribution >= 0.6 is 0 Å². The third-order valence-electron chi connectivity index (χ3n) is 6.60. The van der Waals surface area contributed by atoms with Gasteiger partial charge in [-0.15, -0.1) is 13.2 Å². The summed E-state index contributed by atoms with van der Waals surface area (Å²) in [5.74, 6) is -1.32. The van der Waals surface area contributed by atoms with Crippen molar-refractivity contribution in [3.05, 3.63) is 58.7 Å². The molecule has 4 heterocycles. The Labute approximate surface area is 197 Å². The van der Waals surface area contributed by atoms with E-state index in [2.05, 4.69) is 20.0 Å². The number of likely N-dealkylation sites (tertiary alicyclic amines) is 1. The van der Waals surface area contributed by atoms with Gasteiger partial charge >= 0.3 is 6.36 Å². The molecule has 35 heavy (non-hydrogen) atoms. The lowest BCUT2D eigenvalue weighted by atomic mass is 9.86. The van der Waals surface area contributed by atoms with Crippen LogP contribution in [0, 0.1) is 5.82 Å². The number of amides is 2. The maximum absolute atomic E-state index is 15.1. The topological polar surface area (TPSA) is 87.3 Å². The van der Waals surface area contributed by atoms with E-state index < -0.39 is 17.9 Å². The summed E-state index contributed by atoms with van der Waals surface area (Å²) in [6.45, 7) is 1.05. The molecule has 0 radical (unpaired) electrons. The molecule has 0 unspecified atom stereocenters. The number of H-pyrrole nitrogens is 1. The summed E-state index contributed by atoms with van der Waals surface area (Å²) in [5.41, 5.74) is 3.12. The van der Waals surface area contributed by atoms with Crippen molar-refractivity contribution in [1.82, 2.24) is 20.2 Å². The molecule has 0 bridgehead atoms. The number of piperidine rings is 1. The molecular formula is C24H22F4N4O3. The maximum atomic E-state index is 15.1. The van der Waals surface area contributed by atoms with Crippen LogP contribution in [-0.4, -0.2) is 46.1 Å². The Morgan fingerprint density at radius 3 is 2.51 bits per heavy atom. The number of benzene rings is 1. The summed E-state index contributed by atoms with van der Waals surface area (Å²) in [6, 6.07) is 4.80. The van der Waals surface area contributed by atoms with Gasteiger partial charge in [-0.2, -0.15) is 0 Å². The number of fused-ring (bicyclic) bond motifs is 3. The number of carbonyl (C=O) groups is 2. The molecule has 2 amide bonds. The highest BCUT2D eigenvalue weighted by Gasteiger charge is 2.32. The van der Waals surface area contributed by atoms with Crippen LogP contribution in [0.3, 0.4) is 0 Å². The Balaban J connectivity index is 1.33. The van der Waals surface area contributed by atoms with E-state index in [4.69, 9.17) is 0 Å². The smallest absolute Gasteiger partial charge is 0.406 e. The van der Waals surface area contributed by atoms with Gasteiger partial charge in [-0.1, -0.05) is 0 Å². The Kier molecular flexibility index (Phi) is 5.86. The Hall–Kier alpha value is -3.63. The van der Waals surface area contributed by atoms with Crippen molar-refractivity contribution in [3.63, 3.8) is 0 Å². The number of hydrogen-bond acceptors (Lipinski definition) is 4. The summed E-state index contributed by atoms with van der Waals surface area (Å²) in [4.78, 5) is 33.8. The lowest BCUT2D eigenvalue weighted by molar-refractivity contribution is -0.274. The molecule has 2 aliphatic heterocycles. The van der Waals surface area contributed by atoms with E-state index in [1.165, 1.54) is 18.3 Å². The number of aryl methyl sites for hydroxylation is 1. The molecule has 2 aromatic heterocycles. The van der Waals surface area contributed by atoms with E-state index in [-0.39, 0.29) is 23.3 Å². The number of halogens is 4. The zero-order chi connectivity index (χ0) is 24.7. The second kappa shape index (κ2) is 8.86. The number of pyridine rings is 1. The number of ether oxygens (including phenoxy) is 1. The maximum Gasteiger partial charge on any atom is 0.573 e. The third kappa shape index (κ3) is 4.67. The van der Waals surface area contributed by atoms with Crippen molar-refractivity contribution in [2.45, 2.75) is 44.5 Å². The minimum Gasteiger partial charge on any atom is -0.406 e. The molecule has 0 spiro atoms. The Bertz CT molecular complexity index is 1280. The van der Waals surface area contributed by atoms with Gasteiger partial charge < -0.3 is 19.9 Å². The summed E-state index contributed by atoms with van der Waals surface area (Å²) in [5, 5.41) is 3.55. The van der Waals surface area contributed by atoms with Gasteiger partial charge in [0.15, 0.2) is 0 Å². The normalized spacial score (nSPS) is 17.1. The van der Waals surface area contributed by atoms with E-state index in [1.807, 2.05) is 0 Å². The van der Waals surface area contributed by atoms with Crippen LogP contribution in [0.25, 0.3) is 11.0 Å². The van der Waals surface area contributed by atoms with Crippen molar-refractivity contribution in [2.24, 2.45) is 0 Å². The highest BCUT2D eigenvalue weighted by atomic mass is 19.4. The SMILES string of the molecule is O=C1CCc2[nH]c3ncc(F)c(C4CCN(C(=O)c5ccc(OC(F)(F)F)cc5)CC4)c3c2CN1. The van der Waals surface area contributed by atoms with E-state index in [0.29, 0.717) is 61.9 Å². The van der Waals surface area contributed by atoms with Crippen LogP contribution in [0.5, 0.6) is 5.75 Å². The van der Waals surface area contributed by atoms with Crippen molar-refractivity contribution in [1.29, 1.82) is 0 Å². The van der Waals surface area contributed by atoms with E-state index >= 15 is 4.39 Å². The van der Waals surface area contributed by atoms with Gasteiger partial charge in [0.1, 0.15) is 17.2 Å². The summed E-state index contributed by atoms with van der Waals surface area (Å²) >= 11 is 0. The molecule has 0 atom stereocenters. The fourth-order valence-corrected chi connectivity index (χ4v) is 4.95. The second-order valence-corrected chi connectivity index (χ2v) is 8.74. The van der Waals surface area contributed by atoms with Gasteiger partial charge in [-0.3, -0.25) is 9.59 Å². The molecule has 0 saturated carbocycles. The molecule has 2 N–H and O–H groups in total. The van der Waals surface area contributed by atoms with Crippen molar-refractivity contribution in [2.75, 3.05) is 13.1 Å². The number of aromatic nitrogens is 2. The largest absolute Gasteiger partial charge is 0.573 e. The van der Waals surface area contributed by atoms with E-state index in [0.717, 1.165) is 23.4 Å². The van der Waals surface area contributed by atoms with Crippen LogP contribution in [0.4, 0.5) is 17.6 Å². The molecule has 0 aliphatic carbocycles. The number of rotatable bonds is 3. The number of nitrogens with zero attached hydrogens (tertiary/aromatic N) is 2. The van der Waals surface area contributed by atoms with Gasteiger partial charge in [0, 0.05) is 53.8 Å².